The van der Waals surface area contributed by atoms with Gasteiger partial charge in [0.25, 0.3) is 11.8 Å². The maximum atomic E-state index is 14.2. The Morgan fingerprint density at radius 2 is 1.40 bits per heavy atom. The van der Waals surface area contributed by atoms with E-state index in [2.05, 4.69) is 24.3 Å². The highest BCUT2D eigenvalue weighted by Gasteiger charge is 2.40. The minimum absolute atomic E-state index is 0.115. The number of carbonyl (C=O) groups excluding carboxylic acids is 3. The third-order valence-electron chi connectivity index (χ3n) is 8.04. The predicted molar refractivity (Wildman–Crippen MR) is 150 cm³/mol. The van der Waals surface area contributed by atoms with Crippen LogP contribution in [0, 0.1) is 11.7 Å². The number of amides is 3. The van der Waals surface area contributed by atoms with Gasteiger partial charge in [0.15, 0.2) is 0 Å². The van der Waals surface area contributed by atoms with E-state index in [1.807, 2.05) is 30.3 Å². The van der Waals surface area contributed by atoms with Crippen LogP contribution in [0.15, 0.2) is 103 Å². The first-order valence-corrected chi connectivity index (χ1v) is 13.6. The van der Waals surface area contributed by atoms with Crippen LogP contribution in [0.5, 0.6) is 0 Å². The summed E-state index contributed by atoms with van der Waals surface area (Å²) in [6, 6.07) is 30.9. The normalized spacial score (nSPS) is 17.9. The Hall–Kier alpha value is -4.58. The summed E-state index contributed by atoms with van der Waals surface area (Å²) in [6.45, 7) is -0.128. The lowest BCUT2D eigenvalue weighted by Gasteiger charge is -2.42. The summed E-state index contributed by atoms with van der Waals surface area (Å²) in [6.07, 6.45) is 2.57. The molecule has 0 spiro atoms. The number of imide groups is 1. The first kappa shape index (κ1) is 25.7. The number of nitrogens with zero attached hydrogens (tertiary/aromatic N) is 2. The molecule has 0 saturated carbocycles. The van der Waals surface area contributed by atoms with Crippen LogP contribution in [-0.4, -0.2) is 34.1 Å². The van der Waals surface area contributed by atoms with E-state index in [1.165, 1.54) is 23.3 Å². The number of carbonyl (C=O) groups is 3. The summed E-state index contributed by atoms with van der Waals surface area (Å²) in [4.78, 5) is 43.3. The van der Waals surface area contributed by atoms with Crippen molar-refractivity contribution in [3.8, 4) is 0 Å². The van der Waals surface area contributed by atoms with Crippen LogP contribution in [0.4, 0.5) is 4.39 Å². The van der Waals surface area contributed by atoms with Crippen LogP contribution in [0.25, 0.3) is 0 Å². The SMILES string of the molecule is O=C1c2ccccc2C(=O)N1CC(=O)N(Cc1ccc(F)cc1)[C@@H]1c2ccccc2CC[C@H]1Cc1ccccc1. The molecule has 40 heavy (non-hydrogen) atoms. The molecule has 6 rings (SSSR count). The van der Waals surface area contributed by atoms with Crippen LogP contribution < -0.4 is 0 Å². The van der Waals surface area contributed by atoms with Gasteiger partial charge in [0.1, 0.15) is 12.4 Å². The number of aryl methyl sites for hydroxylation is 1. The first-order chi connectivity index (χ1) is 19.5. The molecule has 6 heteroatoms. The third kappa shape index (κ3) is 4.93. The van der Waals surface area contributed by atoms with Crippen molar-refractivity contribution < 1.29 is 18.8 Å². The average Bonchev–Trinajstić information content (AvgIpc) is 3.22. The van der Waals surface area contributed by atoms with E-state index in [9.17, 15) is 18.8 Å². The highest BCUT2D eigenvalue weighted by Crippen LogP contribution is 2.41. The standard InChI is InChI=1S/C34H29FN2O3/c35-27-18-14-24(15-19-27)21-36(31(38)22-37-33(39)29-12-6-7-13-30(29)34(37)40)32-26(20-23-8-2-1-3-9-23)17-16-25-10-4-5-11-28(25)32/h1-15,18-19,26,32H,16-17,20-22H2/t26-,32-/m0/s1. The first-order valence-electron chi connectivity index (χ1n) is 13.6. The zero-order valence-corrected chi connectivity index (χ0v) is 22.0. The molecule has 4 aromatic rings. The number of hydrogen-bond donors (Lipinski definition) is 0. The van der Waals surface area contributed by atoms with Gasteiger partial charge >= 0.3 is 0 Å². The lowest BCUT2D eigenvalue weighted by molar-refractivity contribution is -0.136. The highest BCUT2D eigenvalue weighted by atomic mass is 19.1. The fraction of sp³-hybridized carbons (Fsp3) is 0.206. The second-order valence-electron chi connectivity index (χ2n) is 10.5. The van der Waals surface area contributed by atoms with E-state index in [-0.39, 0.29) is 36.8 Å². The van der Waals surface area contributed by atoms with Crippen LogP contribution in [0.2, 0.25) is 0 Å². The van der Waals surface area contributed by atoms with E-state index in [0.717, 1.165) is 35.3 Å². The Morgan fingerprint density at radius 3 is 2.10 bits per heavy atom. The monoisotopic (exact) mass is 532 g/mol. The van der Waals surface area contributed by atoms with Crippen LogP contribution in [-0.2, 0) is 24.2 Å². The average molecular weight is 533 g/mol. The molecule has 3 amide bonds. The number of rotatable bonds is 7. The molecule has 4 aromatic carbocycles. The van der Waals surface area contributed by atoms with Gasteiger partial charge in [-0.1, -0.05) is 78.9 Å². The third-order valence-corrected chi connectivity index (χ3v) is 8.04. The molecule has 0 aromatic heterocycles. The largest absolute Gasteiger partial charge is 0.329 e. The van der Waals surface area contributed by atoms with E-state index >= 15 is 0 Å². The molecule has 0 fully saturated rings. The minimum Gasteiger partial charge on any atom is -0.329 e. The Labute approximate surface area is 232 Å². The summed E-state index contributed by atoms with van der Waals surface area (Å²) in [7, 11) is 0. The van der Waals surface area contributed by atoms with Crippen molar-refractivity contribution in [1.82, 2.24) is 9.80 Å². The van der Waals surface area contributed by atoms with E-state index < -0.39 is 11.8 Å². The van der Waals surface area contributed by atoms with Crippen molar-refractivity contribution in [2.45, 2.75) is 31.8 Å². The van der Waals surface area contributed by atoms with Gasteiger partial charge < -0.3 is 4.90 Å². The van der Waals surface area contributed by atoms with E-state index in [1.54, 1.807) is 41.3 Å². The van der Waals surface area contributed by atoms with E-state index in [4.69, 9.17) is 0 Å². The number of benzene rings is 4. The van der Waals surface area contributed by atoms with Gasteiger partial charge in [-0.15, -0.1) is 0 Å². The van der Waals surface area contributed by atoms with Crippen molar-refractivity contribution in [3.05, 3.63) is 142 Å². The maximum Gasteiger partial charge on any atom is 0.262 e. The maximum absolute atomic E-state index is 14.2. The molecule has 0 saturated heterocycles. The van der Waals surface area contributed by atoms with Gasteiger partial charge in [0, 0.05) is 6.54 Å². The lowest BCUT2D eigenvalue weighted by atomic mass is 9.76. The minimum atomic E-state index is -0.458. The number of fused-ring (bicyclic) bond motifs is 2. The molecule has 0 N–H and O–H groups in total. The Bertz CT molecular complexity index is 1530. The molecule has 1 aliphatic heterocycles. The Kier molecular flexibility index (Phi) is 6.99. The second-order valence-corrected chi connectivity index (χ2v) is 10.5. The molecule has 1 aliphatic carbocycles. The van der Waals surface area contributed by atoms with Gasteiger partial charge in [0.05, 0.1) is 17.2 Å². The fourth-order valence-electron chi connectivity index (χ4n) is 6.09. The number of hydrogen-bond acceptors (Lipinski definition) is 3. The van der Waals surface area contributed by atoms with Crippen LogP contribution >= 0.6 is 0 Å². The van der Waals surface area contributed by atoms with Crippen molar-refractivity contribution in [2.24, 2.45) is 5.92 Å². The van der Waals surface area contributed by atoms with Gasteiger partial charge in [-0.3, -0.25) is 19.3 Å². The van der Waals surface area contributed by atoms with Crippen molar-refractivity contribution in [2.75, 3.05) is 6.54 Å². The molecular weight excluding hydrogens is 503 g/mol. The quantitative estimate of drug-likeness (QED) is 0.275. The molecule has 0 bridgehead atoms. The summed E-state index contributed by atoms with van der Waals surface area (Å²) in [5, 5.41) is 0. The van der Waals surface area contributed by atoms with Crippen molar-refractivity contribution in [1.29, 1.82) is 0 Å². The van der Waals surface area contributed by atoms with Crippen LogP contribution in [0.1, 0.15) is 55.4 Å². The van der Waals surface area contributed by atoms with Gasteiger partial charge in [0.2, 0.25) is 5.91 Å². The fourth-order valence-corrected chi connectivity index (χ4v) is 6.09. The van der Waals surface area contributed by atoms with E-state index in [0.29, 0.717) is 11.1 Å². The van der Waals surface area contributed by atoms with Crippen molar-refractivity contribution in [3.63, 3.8) is 0 Å². The molecular formula is C34H29FN2O3. The predicted octanol–water partition coefficient (Wildman–Crippen LogP) is 6.00. The van der Waals surface area contributed by atoms with Crippen molar-refractivity contribution >= 4 is 17.7 Å². The lowest BCUT2D eigenvalue weighted by Crippen LogP contribution is -2.46. The summed E-state index contributed by atoms with van der Waals surface area (Å²) >= 11 is 0. The zero-order chi connectivity index (χ0) is 27.6. The molecule has 1 heterocycles. The summed E-state index contributed by atoms with van der Waals surface area (Å²) in [5.74, 6) is -1.47. The molecule has 5 nitrogen and oxygen atoms in total. The van der Waals surface area contributed by atoms with Gasteiger partial charge in [-0.05, 0) is 71.7 Å². The molecule has 2 atom stereocenters. The van der Waals surface area contributed by atoms with Crippen LogP contribution in [0.3, 0.4) is 0 Å². The highest BCUT2D eigenvalue weighted by molar-refractivity contribution is 6.22. The molecule has 0 unspecified atom stereocenters. The summed E-state index contributed by atoms with van der Waals surface area (Å²) in [5.41, 5.74) is 4.86. The molecule has 200 valence electrons. The second kappa shape index (κ2) is 10.9. The zero-order valence-electron chi connectivity index (χ0n) is 22.0. The molecule has 0 radical (unpaired) electrons. The Balaban J connectivity index is 1.38. The van der Waals surface area contributed by atoms with Gasteiger partial charge in [-0.25, -0.2) is 4.39 Å². The van der Waals surface area contributed by atoms with Gasteiger partial charge in [-0.2, -0.15) is 0 Å². The smallest absolute Gasteiger partial charge is 0.262 e. The Morgan fingerprint density at radius 1 is 0.775 bits per heavy atom. The summed E-state index contributed by atoms with van der Waals surface area (Å²) < 4.78 is 13.8. The topological polar surface area (TPSA) is 57.7 Å². The number of halogens is 1. The molecule has 2 aliphatic rings.